The Labute approximate surface area is 162 Å². The van der Waals surface area contributed by atoms with Crippen molar-refractivity contribution in [1.29, 1.82) is 0 Å². The van der Waals surface area contributed by atoms with Gasteiger partial charge in [-0.25, -0.2) is 9.78 Å². The summed E-state index contributed by atoms with van der Waals surface area (Å²) in [6.45, 7) is 6.78. The van der Waals surface area contributed by atoms with E-state index in [1.165, 1.54) is 4.90 Å². The largest absolute Gasteiger partial charge is 0.465 e. The first kappa shape index (κ1) is 18.2. The van der Waals surface area contributed by atoms with Crippen molar-refractivity contribution < 1.29 is 14.7 Å². The second-order valence-corrected chi connectivity index (χ2v) is 9.13. The Morgan fingerprint density at radius 1 is 1.44 bits per heavy atom. The highest BCUT2D eigenvalue weighted by Gasteiger charge is 2.70. The zero-order valence-corrected chi connectivity index (χ0v) is 16.7. The number of thioether (sulfide) groups is 1. The minimum atomic E-state index is -0.906. The molecule has 2 aromatic heterocycles. The molecular weight excluding hydrogens is 364 g/mol. The number of hydrogen-bond donors (Lipinski definition) is 2. The molecule has 2 amide bonds. The number of fused-ring (bicyclic) bond motifs is 2. The molecule has 1 saturated heterocycles. The number of carbonyl (C=O) groups is 2. The second kappa shape index (κ2) is 5.89. The van der Waals surface area contributed by atoms with Gasteiger partial charge in [-0.15, -0.1) is 11.8 Å². The lowest BCUT2D eigenvalue weighted by molar-refractivity contribution is -0.125. The van der Waals surface area contributed by atoms with Gasteiger partial charge in [0.1, 0.15) is 5.82 Å². The highest BCUT2D eigenvalue weighted by molar-refractivity contribution is 7.98. The summed E-state index contributed by atoms with van der Waals surface area (Å²) in [7, 11) is 0. The van der Waals surface area contributed by atoms with Crippen LogP contribution in [0.2, 0.25) is 0 Å². The van der Waals surface area contributed by atoms with Gasteiger partial charge in [0, 0.05) is 29.6 Å². The standard InChI is InChI=1S/C19H24N4O3S/c1-18(2,16-20-8-12-13(27-4)6-5-7-23(12)16)21-15(24)14-11-9-22(17(25)26)10-19(11,14)3/h5-8,11,14H,9-10H2,1-4H3,(H,21,24)(H,25,26). The van der Waals surface area contributed by atoms with E-state index in [4.69, 9.17) is 5.11 Å². The third-order valence-electron chi connectivity index (χ3n) is 6.10. The maximum absolute atomic E-state index is 13.0. The molecule has 0 radical (unpaired) electrons. The van der Waals surface area contributed by atoms with E-state index in [1.807, 2.05) is 49.9 Å². The van der Waals surface area contributed by atoms with E-state index < -0.39 is 11.6 Å². The molecule has 27 heavy (non-hydrogen) atoms. The van der Waals surface area contributed by atoms with Gasteiger partial charge < -0.3 is 19.7 Å². The van der Waals surface area contributed by atoms with Crippen LogP contribution in [-0.2, 0) is 10.3 Å². The summed E-state index contributed by atoms with van der Waals surface area (Å²) in [5.41, 5.74) is 0.133. The highest BCUT2D eigenvalue weighted by Crippen LogP contribution is 2.63. The van der Waals surface area contributed by atoms with E-state index in [2.05, 4.69) is 16.4 Å². The van der Waals surface area contributed by atoms with E-state index in [9.17, 15) is 9.59 Å². The fraction of sp³-hybridized carbons (Fsp3) is 0.526. The Kier molecular flexibility index (Phi) is 3.96. The van der Waals surface area contributed by atoms with Gasteiger partial charge in [-0.05, 0) is 38.2 Å². The lowest BCUT2D eigenvalue weighted by atomic mass is 10.0. The van der Waals surface area contributed by atoms with Gasteiger partial charge >= 0.3 is 6.09 Å². The SMILES string of the molecule is CSc1cccn2c(C(C)(C)NC(=O)C3C4CN(C(=O)O)CC43C)ncc12. The number of nitrogens with zero attached hydrogens (tertiary/aromatic N) is 3. The fourth-order valence-corrected chi connectivity index (χ4v) is 5.18. The van der Waals surface area contributed by atoms with Crippen molar-refractivity contribution in [3.8, 4) is 0 Å². The topological polar surface area (TPSA) is 86.9 Å². The Hall–Kier alpha value is -2.22. The molecule has 8 heteroatoms. The van der Waals surface area contributed by atoms with Gasteiger partial charge in [0.2, 0.25) is 5.91 Å². The normalized spacial score (nSPS) is 26.9. The number of carboxylic acid groups (broad SMARTS) is 1. The first-order valence-electron chi connectivity index (χ1n) is 8.99. The van der Waals surface area contributed by atoms with Crippen molar-refractivity contribution in [3.05, 3.63) is 30.4 Å². The van der Waals surface area contributed by atoms with Gasteiger partial charge in [-0.3, -0.25) is 4.79 Å². The van der Waals surface area contributed by atoms with Gasteiger partial charge in [-0.2, -0.15) is 0 Å². The van der Waals surface area contributed by atoms with E-state index >= 15 is 0 Å². The van der Waals surface area contributed by atoms with Crippen molar-refractivity contribution in [2.75, 3.05) is 19.3 Å². The lowest BCUT2D eigenvalue weighted by Gasteiger charge is -2.27. The van der Waals surface area contributed by atoms with Crippen molar-refractivity contribution in [2.24, 2.45) is 17.3 Å². The number of nitrogens with one attached hydrogen (secondary N) is 1. The molecule has 144 valence electrons. The number of amides is 2. The Morgan fingerprint density at radius 2 is 2.19 bits per heavy atom. The van der Waals surface area contributed by atoms with Crippen LogP contribution in [0.25, 0.3) is 5.52 Å². The number of aromatic nitrogens is 2. The predicted molar refractivity (Wildman–Crippen MR) is 103 cm³/mol. The molecule has 0 bridgehead atoms. The zero-order valence-electron chi connectivity index (χ0n) is 15.9. The molecule has 1 aliphatic carbocycles. The molecule has 3 atom stereocenters. The molecule has 2 N–H and O–H groups in total. The molecule has 1 aliphatic heterocycles. The first-order chi connectivity index (χ1) is 12.7. The molecule has 7 nitrogen and oxygen atoms in total. The molecule has 0 spiro atoms. The molecule has 0 aromatic carbocycles. The van der Waals surface area contributed by atoms with Crippen LogP contribution in [0.15, 0.2) is 29.4 Å². The van der Waals surface area contributed by atoms with Gasteiger partial charge in [0.25, 0.3) is 0 Å². The van der Waals surface area contributed by atoms with Crippen LogP contribution in [-0.4, -0.2) is 50.7 Å². The van der Waals surface area contributed by atoms with E-state index in [0.717, 1.165) is 16.2 Å². The summed E-state index contributed by atoms with van der Waals surface area (Å²) in [6.07, 6.45) is 4.93. The number of likely N-dealkylation sites (tertiary alicyclic amines) is 1. The van der Waals surface area contributed by atoms with Gasteiger partial charge in [0.05, 0.1) is 23.2 Å². The highest BCUT2D eigenvalue weighted by atomic mass is 32.2. The number of piperidine rings is 1. The third-order valence-corrected chi connectivity index (χ3v) is 6.88. The molecule has 4 rings (SSSR count). The summed E-state index contributed by atoms with van der Waals surface area (Å²) < 4.78 is 2.02. The number of rotatable bonds is 4. The maximum atomic E-state index is 13.0. The van der Waals surface area contributed by atoms with Crippen LogP contribution in [0.4, 0.5) is 4.79 Å². The Bertz CT molecular complexity index is 940. The van der Waals surface area contributed by atoms with Crippen LogP contribution in [0, 0.1) is 17.3 Å². The second-order valence-electron chi connectivity index (χ2n) is 8.28. The minimum absolute atomic E-state index is 0.0182. The van der Waals surface area contributed by atoms with E-state index in [-0.39, 0.29) is 23.2 Å². The molecule has 2 aliphatic rings. The summed E-state index contributed by atoms with van der Waals surface area (Å²) >= 11 is 1.66. The Balaban J connectivity index is 1.53. The fourth-order valence-electron chi connectivity index (χ4n) is 4.60. The van der Waals surface area contributed by atoms with Crippen LogP contribution in [0.1, 0.15) is 26.6 Å². The summed E-state index contributed by atoms with van der Waals surface area (Å²) in [5, 5.41) is 12.3. The smallest absolute Gasteiger partial charge is 0.407 e. The summed E-state index contributed by atoms with van der Waals surface area (Å²) in [4.78, 5) is 31.2. The van der Waals surface area contributed by atoms with Crippen molar-refractivity contribution >= 4 is 29.3 Å². The first-order valence-corrected chi connectivity index (χ1v) is 10.2. The predicted octanol–water partition coefficient (Wildman–Crippen LogP) is 2.65. The summed E-state index contributed by atoms with van der Waals surface area (Å²) in [6, 6.07) is 4.03. The molecule has 2 fully saturated rings. The van der Waals surface area contributed by atoms with Crippen molar-refractivity contribution in [2.45, 2.75) is 31.2 Å². The zero-order chi connectivity index (χ0) is 19.6. The number of hydrogen-bond acceptors (Lipinski definition) is 4. The van der Waals surface area contributed by atoms with Crippen molar-refractivity contribution in [1.82, 2.24) is 19.6 Å². The van der Waals surface area contributed by atoms with E-state index in [0.29, 0.717) is 13.1 Å². The van der Waals surface area contributed by atoms with E-state index in [1.54, 1.807) is 11.8 Å². The molecule has 3 heterocycles. The molecule has 3 unspecified atom stereocenters. The molecule has 1 saturated carbocycles. The average molecular weight is 388 g/mol. The van der Waals surface area contributed by atoms with Crippen LogP contribution in [0.5, 0.6) is 0 Å². The number of pyridine rings is 1. The monoisotopic (exact) mass is 388 g/mol. The quantitative estimate of drug-likeness (QED) is 0.787. The van der Waals surface area contributed by atoms with Crippen LogP contribution in [0.3, 0.4) is 0 Å². The Morgan fingerprint density at radius 3 is 2.78 bits per heavy atom. The van der Waals surface area contributed by atoms with Gasteiger partial charge in [0.15, 0.2) is 0 Å². The minimum Gasteiger partial charge on any atom is -0.465 e. The number of carbonyl (C=O) groups excluding carboxylic acids is 1. The van der Waals surface area contributed by atoms with Gasteiger partial charge in [-0.1, -0.05) is 6.92 Å². The average Bonchev–Trinajstić information content (AvgIpc) is 2.93. The van der Waals surface area contributed by atoms with Crippen molar-refractivity contribution in [3.63, 3.8) is 0 Å². The lowest BCUT2D eigenvalue weighted by Crippen LogP contribution is -2.45. The van der Waals surface area contributed by atoms with Crippen LogP contribution >= 0.6 is 11.8 Å². The summed E-state index contributed by atoms with van der Waals surface area (Å²) in [5.74, 6) is 0.727. The molecular formula is C19H24N4O3S. The third kappa shape index (κ3) is 2.69. The maximum Gasteiger partial charge on any atom is 0.407 e. The van der Waals surface area contributed by atoms with Crippen LogP contribution < -0.4 is 5.32 Å². The molecule has 2 aromatic rings. The number of imidazole rings is 1.